The van der Waals surface area contributed by atoms with Gasteiger partial charge in [0.1, 0.15) is 0 Å². The number of hydrogen-bond donors (Lipinski definition) is 1. The third-order valence-electron chi connectivity index (χ3n) is 6.50. The molecule has 2 amide bonds. The lowest BCUT2D eigenvalue weighted by molar-refractivity contribution is -0.113. The van der Waals surface area contributed by atoms with E-state index in [0.717, 1.165) is 40.7 Å². The quantitative estimate of drug-likeness (QED) is 0.245. The zero-order valence-corrected chi connectivity index (χ0v) is 21.6. The maximum Gasteiger partial charge on any atom is 0.254 e. The second kappa shape index (κ2) is 11.0. The number of aryl methyl sites for hydroxylation is 1. The molecular formula is C29H29N5O2S. The fraction of sp³-hybridized carbons (Fsp3) is 0.241. The number of nitrogens with zero attached hydrogens (tertiary/aromatic N) is 4. The predicted octanol–water partition coefficient (Wildman–Crippen LogP) is 5.63. The third kappa shape index (κ3) is 5.44. The van der Waals surface area contributed by atoms with E-state index in [0.29, 0.717) is 23.8 Å². The fourth-order valence-electron chi connectivity index (χ4n) is 4.77. The van der Waals surface area contributed by atoms with Crippen molar-refractivity contribution in [3.8, 4) is 0 Å². The number of carbonyl (C=O) groups is 2. The lowest BCUT2D eigenvalue weighted by Gasteiger charge is -2.25. The summed E-state index contributed by atoms with van der Waals surface area (Å²) in [7, 11) is 0. The number of aromatic nitrogens is 3. The van der Waals surface area contributed by atoms with Gasteiger partial charge in [-0.05, 0) is 54.8 Å². The Hall–Kier alpha value is -3.91. The number of likely N-dealkylation sites (tertiary alicyclic amines) is 1. The van der Waals surface area contributed by atoms with Crippen LogP contribution in [0, 0.1) is 6.92 Å². The highest BCUT2D eigenvalue weighted by Crippen LogP contribution is 2.34. The number of amides is 2. The van der Waals surface area contributed by atoms with Gasteiger partial charge in [0.15, 0.2) is 11.0 Å². The standard InChI is InChI=1S/C29H29N5O2S/c1-3-15-34-27(25-12-7-16-33(25)28(36)23-11-6-8-20(2)17-23)31-32-29(34)37-19-26(35)30-24-14-13-21-9-4-5-10-22(21)18-24/h3-6,8-11,13-14,17-18,25H,1,7,12,15-16,19H2,2H3,(H,30,35). The van der Waals surface area contributed by atoms with Gasteiger partial charge >= 0.3 is 0 Å². The molecule has 1 fully saturated rings. The molecule has 1 N–H and O–H groups in total. The van der Waals surface area contributed by atoms with E-state index in [9.17, 15) is 9.59 Å². The molecule has 1 saturated heterocycles. The first kappa shape index (κ1) is 24.8. The van der Waals surface area contributed by atoms with Crippen LogP contribution in [0.25, 0.3) is 10.8 Å². The summed E-state index contributed by atoms with van der Waals surface area (Å²) in [5.41, 5.74) is 2.49. The molecule has 1 unspecified atom stereocenters. The minimum Gasteiger partial charge on any atom is -0.328 e. The number of fused-ring (bicyclic) bond motifs is 1. The van der Waals surface area contributed by atoms with Gasteiger partial charge in [-0.1, -0.05) is 65.9 Å². The summed E-state index contributed by atoms with van der Waals surface area (Å²) in [4.78, 5) is 27.9. The van der Waals surface area contributed by atoms with Crippen molar-refractivity contribution in [2.45, 2.75) is 37.5 Å². The molecule has 37 heavy (non-hydrogen) atoms. The Bertz CT molecular complexity index is 1460. The molecule has 7 nitrogen and oxygen atoms in total. The summed E-state index contributed by atoms with van der Waals surface area (Å²) in [5, 5.41) is 14.7. The lowest BCUT2D eigenvalue weighted by Crippen LogP contribution is -2.32. The zero-order valence-electron chi connectivity index (χ0n) is 20.8. The molecule has 1 aliphatic heterocycles. The van der Waals surface area contributed by atoms with E-state index in [4.69, 9.17) is 0 Å². The molecule has 4 aromatic rings. The Labute approximate surface area is 220 Å². The number of allylic oxidation sites excluding steroid dienone is 1. The Morgan fingerprint density at radius 2 is 1.92 bits per heavy atom. The van der Waals surface area contributed by atoms with Crippen LogP contribution in [0.1, 0.15) is 40.6 Å². The van der Waals surface area contributed by atoms with Gasteiger partial charge in [0.2, 0.25) is 5.91 Å². The minimum absolute atomic E-state index is 0.00307. The van der Waals surface area contributed by atoms with Gasteiger partial charge in [0, 0.05) is 24.3 Å². The zero-order chi connectivity index (χ0) is 25.8. The molecule has 5 rings (SSSR count). The van der Waals surface area contributed by atoms with E-state index in [1.165, 1.54) is 11.8 Å². The highest BCUT2D eigenvalue weighted by atomic mass is 32.2. The van der Waals surface area contributed by atoms with Crippen molar-refractivity contribution in [2.75, 3.05) is 17.6 Å². The molecule has 2 heterocycles. The van der Waals surface area contributed by atoms with Crippen LogP contribution < -0.4 is 5.32 Å². The first-order chi connectivity index (χ1) is 18.0. The number of carbonyl (C=O) groups excluding carboxylic acids is 2. The highest BCUT2D eigenvalue weighted by Gasteiger charge is 2.34. The topological polar surface area (TPSA) is 80.1 Å². The molecule has 0 spiro atoms. The monoisotopic (exact) mass is 511 g/mol. The molecule has 1 aromatic heterocycles. The number of anilines is 1. The van der Waals surface area contributed by atoms with Gasteiger partial charge in [-0.15, -0.1) is 16.8 Å². The number of rotatable bonds is 8. The molecule has 0 radical (unpaired) electrons. The molecule has 1 atom stereocenters. The minimum atomic E-state index is -0.166. The average Bonchev–Trinajstić information content (AvgIpc) is 3.54. The van der Waals surface area contributed by atoms with E-state index < -0.39 is 0 Å². The van der Waals surface area contributed by atoms with Crippen molar-refractivity contribution in [1.82, 2.24) is 19.7 Å². The highest BCUT2D eigenvalue weighted by molar-refractivity contribution is 7.99. The Kier molecular flexibility index (Phi) is 7.37. The first-order valence-corrected chi connectivity index (χ1v) is 13.3. The second-order valence-electron chi connectivity index (χ2n) is 9.16. The van der Waals surface area contributed by atoms with Crippen LogP contribution in [0.2, 0.25) is 0 Å². The maximum atomic E-state index is 13.3. The second-order valence-corrected chi connectivity index (χ2v) is 10.1. The molecule has 3 aromatic carbocycles. The summed E-state index contributed by atoms with van der Waals surface area (Å²) < 4.78 is 1.97. The van der Waals surface area contributed by atoms with E-state index in [-0.39, 0.29) is 23.6 Å². The molecule has 0 bridgehead atoms. The summed E-state index contributed by atoms with van der Waals surface area (Å²) >= 11 is 1.33. The van der Waals surface area contributed by atoms with Crippen LogP contribution in [0.5, 0.6) is 0 Å². The van der Waals surface area contributed by atoms with Crippen molar-refractivity contribution in [2.24, 2.45) is 0 Å². The molecule has 8 heteroatoms. The van der Waals surface area contributed by atoms with E-state index in [1.54, 1.807) is 6.08 Å². The number of nitrogens with one attached hydrogen (secondary N) is 1. The smallest absolute Gasteiger partial charge is 0.254 e. The fourth-order valence-corrected chi connectivity index (χ4v) is 5.53. The summed E-state index contributed by atoms with van der Waals surface area (Å²) in [6.45, 7) is 7.05. The number of thioether (sulfide) groups is 1. The van der Waals surface area contributed by atoms with Gasteiger partial charge in [-0.3, -0.25) is 9.59 Å². The van der Waals surface area contributed by atoms with Crippen LogP contribution in [-0.4, -0.2) is 43.8 Å². The number of benzene rings is 3. The van der Waals surface area contributed by atoms with Crippen LogP contribution >= 0.6 is 11.8 Å². The predicted molar refractivity (Wildman–Crippen MR) is 148 cm³/mol. The van der Waals surface area contributed by atoms with Crippen molar-refractivity contribution in [1.29, 1.82) is 0 Å². The SMILES string of the molecule is C=CCn1c(SCC(=O)Nc2ccc3ccccc3c2)nnc1C1CCCN1C(=O)c1cccc(C)c1. The summed E-state index contributed by atoms with van der Waals surface area (Å²) in [5.74, 6) is 0.810. The molecule has 0 saturated carbocycles. The van der Waals surface area contributed by atoms with Gasteiger partial charge in [0.25, 0.3) is 5.91 Å². The van der Waals surface area contributed by atoms with Gasteiger partial charge in [0.05, 0.1) is 11.8 Å². The van der Waals surface area contributed by atoms with E-state index in [2.05, 4.69) is 22.1 Å². The molecular weight excluding hydrogens is 482 g/mol. The first-order valence-electron chi connectivity index (χ1n) is 12.4. The Balaban J connectivity index is 1.29. The number of hydrogen-bond acceptors (Lipinski definition) is 5. The van der Waals surface area contributed by atoms with Crippen LogP contribution in [0.4, 0.5) is 5.69 Å². The maximum absolute atomic E-state index is 13.3. The summed E-state index contributed by atoms with van der Waals surface area (Å²) in [6.07, 6.45) is 3.51. The van der Waals surface area contributed by atoms with Crippen LogP contribution in [-0.2, 0) is 11.3 Å². The third-order valence-corrected chi connectivity index (χ3v) is 7.47. The van der Waals surface area contributed by atoms with Crippen molar-refractivity contribution in [3.63, 3.8) is 0 Å². The van der Waals surface area contributed by atoms with Crippen LogP contribution in [0.15, 0.2) is 84.5 Å². The van der Waals surface area contributed by atoms with Gasteiger partial charge < -0.3 is 14.8 Å². The summed E-state index contributed by atoms with van der Waals surface area (Å²) in [6, 6.07) is 21.4. The molecule has 1 aliphatic rings. The van der Waals surface area contributed by atoms with Gasteiger partial charge in [-0.25, -0.2) is 0 Å². The van der Waals surface area contributed by atoms with Crippen molar-refractivity contribution < 1.29 is 9.59 Å². The largest absolute Gasteiger partial charge is 0.328 e. The molecule has 0 aliphatic carbocycles. The Morgan fingerprint density at radius 1 is 1.08 bits per heavy atom. The van der Waals surface area contributed by atoms with Crippen LogP contribution in [0.3, 0.4) is 0 Å². The normalized spacial score (nSPS) is 15.2. The van der Waals surface area contributed by atoms with E-state index in [1.807, 2.05) is 83.1 Å². The van der Waals surface area contributed by atoms with Crippen molar-refractivity contribution in [3.05, 3.63) is 96.3 Å². The van der Waals surface area contributed by atoms with Crippen molar-refractivity contribution >= 4 is 40.0 Å². The lowest BCUT2D eigenvalue weighted by atomic mass is 10.1. The Morgan fingerprint density at radius 3 is 2.73 bits per heavy atom. The molecule has 188 valence electrons. The van der Waals surface area contributed by atoms with E-state index >= 15 is 0 Å². The average molecular weight is 512 g/mol. The van der Waals surface area contributed by atoms with Gasteiger partial charge in [-0.2, -0.15) is 0 Å².